The summed E-state index contributed by atoms with van der Waals surface area (Å²) >= 11 is 0. The summed E-state index contributed by atoms with van der Waals surface area (Å²) in [6.07, 6.45) is 3.88. The third-order valence-corrected chi connectivity index (χ3v) is 2.82. The van der Waals surface area contributed by atoms with Crippen molar-refractivity contribution >= 4 is 6.08 Å². The van der Waals surface area contributed by atoms with Gasteiger partial charge in [-0.3, -0.25) is 0 Å². The van der Waals surface area contributed by atoms with E-state index in [2.05, 4.69) is 0 Å². The summed E-state index contributed by atoms with van der Waals surface area (Å²) in [4.78, 5) is 0. The minimum absolute atomic E-state index is 0.134. The van der Waals surface area contributed by atoms with Crippen LogP contribution in [-0.4, -0.2) is 0 Å². The Morgan fingerprint density at radius 3 is 2.53 bits per heavy atom. The van der Waals surface area contributed by atoms with Crippen LogP contribution in [0.25, 0.3) is 6.08 Å². The van der Waals surface area contributed by atoms with Gasteiger partial charge in [-0.2, -0.15) is 0 Å². The lowest BCUT2D eigenvalue weighted by Crippen LogP contribution is -2.08. The number of rotatable bonds is 1. The molecule has 2 aromatic carbocycles. The van der Waals surface area contributed by atoms with Gasteiger partial charge in [0.25, 0.3) is 0 Å². The number of halogens is 1. The van der Waals surface area contributed by atoms with Crippen molar-refractivity contribution in [2.45, 2.75) is 6.10 Å². The van der Waals surface area contributed by atoms with Crippen LogP contribution in [0.3, 0.4) is 0 Å². The lowest BCUT2D eigenvalue weighted by molar-refractivity contribution is 0.251. The van der Waals surface area contributed by atoms with Crippen LogP contribution in [0, 0.1) is 5.82 Å². The molecule has 0 amide bonds. The molecule has 0 unspecified atom stereocenters. The fourth-order valence-corrected chi connectivity index (χ4v) is 1.92. The molecular weight excluding hydrogens is 215 g/mol. The smallest absolute Gasteiger partial charge is 0.142 e. The van der Waals surface area contributed by atoms with Gasteiger partial charge in [0.05, 0.1) is 0 Å². The van der Waals surface area contributed by atoms with Gasteiger partial charge in [0.15, 0.2) is 0 Å². The first-order valence-corrected chi connectivity index (χ1v) is 5.52. The molecule has 84 valence electrons. The number of benzene rings is 2. The van der Waals surface area contributed by atoms with E-state index in [0.717, 1.165) is 16.9 Å². The van der Waals surface area contributed by atoms with Gasteiger partial charge in [-0.25, -0.2) is 4.39 Å². The molecule has 0 bridgehead atoms. The van der Waals surface area contributed by atoms with Crippen LogP contribution in [0.2, 0.25) is 0 Å². The van der Waals surface area contributed by atoms with Crippen molar-refractivity contribution in [1.29, 1.82) is 0 Å². The van der Waals surface area contributed by atoms with Gasteiger partial charge in [0.2, 0.25) is 0 Å². The Hall–Kier alpha value is -2.09. The highest BCUT2D eigenvalue weighted by Gasteiger charge is 2.15. The molecule has 0 N–H and O–H groups in total. The van der Waals surface area contributed by atoms with E-state index < -0.39 is 0 Å². The molecule has 0 aromatic heterocycles. The van der Waals surface area contributed by atoms with Crippen LogP contribution in [0.4, 0.5) is 4.39 Å². The maximum atomic E-state index is 12.8. The highest BCUT2D eigenvalue weighted by Crippen LogP contribution is 2.32. The van der Waals surface area contributed by atoms with Crippen molar-refractivity contribution in [1.82, 2.24) is 0 Å². The second kappa shape index (κ2) is 4.06. The summed E-state index contributed by atoms with van der Waals surface area (Å²) in [5.74, 6) is 0.637. The van der Waals surface area contributed by atoms with E-state index in [9.17, 15) is 4.39 Å². The van der Waals surface area contributed by atoms with E-state index in [1.54, 1.807) is 12.1 Å². The normalized spacial score (nSPS) is 17.4. The predicted molar refractivity (Wildman–Crippen MR) is 65.2 cm³/mol. The number of fused-ring (bicyclic) bond motifs is 1. The molecule has 0 aliphatic carbocycles. The van der Waals surface area contributed by atoms with Crippen molar-refractivity contribution in [3.05, 3.63) is 71.6 Å². The molecule has 0 saturated carbocycles. The highest BCUT2D eigenvalue weighted by molar-refractivity contribution is 5.60. The van der Waals surface area contributed by atoms with Gasteiger partial charge >= 0.3 is 0 Å². The molecule has 1 aliphatic heterocycles. The molecule has 0 fully saturated rings. The second-order valence-corrected chi connectivity index (χ2v) is 3.99. The van der Waals surface area contributed by atoms with Crippen molar-refractivity contribution in [2.24, 2.45) is 0 Å². The Kier molecular flexibility index (Phi) is 2.41. The predicted octanol–water partition coefficient (Wildman–Crippen LogP) is 3.97. The first-order chi connectivity index (χ1) is 8.33. The molecular formula is C15H11FO. The summed E-state index contributed by atoms with van der Waals surface area (Å²) in [5, 5.41) is 0. The zero-order valence-electron chi connectivity index (χ0n) is 9.14. The number of hydrogen-bond donors (Lipinski definition) is 0. The van der Waals surface area contributed by atoms with Crippen LogP contribution < -0.4 is 4.74 Å². The third kappa shape index (κ3) is 1.94. The third-order valence-electron chi connectivity index (χ3n) is 2.82. The average Bonchev–Trinajstić information content (AvgIpc) is 2.39. The molecule has 0 saturated heterocycles. The lowest BCUT2D eigenvalue weighted by Gasteiger charge is -2.21. The Labute approximate surface area is 99.2 Å². The summed E-state index contributed by atoms with van der Waals surface area (Å²) in [6, 6.07) is 14.3. The number of ether oxygens (including phenoxy) is 1. The second-order valence-electron chi connectivity index (χ2n) is 3.99. The minimum Gasteiger partial charge on any atom is -0.481 e. The van der Waals surface area contributed by atoms with Crippen LogP contribution in [0.15, 0.2) is 54.6 Å². The first kappa shape index (κ1) is 10.1. The number of para-hydroxylation sites is 1. The van der Waals surface area contributed by atoms with Crippen molar-refractivity contribution in [2.75, 3.05) is 0 Å². The summed E-state index contributed by atoms with van der Waals surface area (Å²) in [5.41, 5.74) is 2.03. The quantitative estimate of drug-likeness (QED) is 0.714. The molecule has 0 radical (unpaired) electrons. The van der Waals surface area contributed by atoms with Crippen molar-refractivity contribution in [3.63, 3.8) is 0 Å². The molecule has 1 nitrogen and oxygen atoms in total. The standard InChI is InChI=1S/C15H11FO/c16-13-8-5-12(6-9-13)15-10-7-11-3-1-2-4-14(11)17-15/h1-10,15H/t15-/m0/s1. The van der Waals surface area contributed by atoms with Gasteiger partial charge in [-0.15, -0.1) is 0 Å². The lowest BCUT2D eigenvalue weighted by atomic mass is 10.0. The fourth-order valence-electron chi connectivity index (χ4n) is 1.92. The molecule has 2 heteroatoms. The Morgan fingerprint density at radius 2 is 1.71 bits per heavy atom. The maximum Gasteiger partial charge on any atom is 0.142 e. The largest absolute Gasteiger partial charge is 0.481 e. The molecule has 3 rings (SSSR count). The summed E-state index contributed by atoms with van der Waals surface area (Å²) in [7, 11) is 0. The van der Waals surface area contributed by atoms with Crippen LogP contribution in [0.1, 0.15) is 17.2 Å². The first-order valence-electron chi connectivity index (χ1n) is 5.52. The fraction of sp³-hybridized carbons (Fsp3) is 0.0667. The van der Waals surface area contributed by atoms with E-state index in [-0.39, 0.29) is 11.9 Å². The van der Waals surface area contributed by atoms with E-state index in [0.29, 0.717) is 0 Å². The van der Waals surface area contributed by atoms with Crippen LogP contribution in [0.5, 0.6) is 5.75 Å². The Morgan fingerprint density at radius 1 is 0.941 bits per heavy atom. The number of hydrogen-bond acceptors (Lipinski definition) is 1. The van der Waals surface area contributed by atoms with E-state index in [1.165, 1.54) is 12.1 Å². The van der Waals surface area contributed by atoms with E-state index in [4.69, 9.17) is 4.74 Å². The maximum absolute atomic E-state index is 12.8. The summed E-state index contributed by atoms with van der Waals surface area (Å²) < 4.78 is 18.7. The Balaban J connectivity index is 1.92. The minimum atomic E-state index is -0.228. The molecule has 1 atom stereocenters. The van der Waals surface area contributed by atoms with Gasteiger partial charge in [-0.1, -0.05) is 36.4 Å². The Bertz CT molecular complexity index is 557. The van der Waals surface area contributed by atoms with Gasteiger partial charge in [0, 0.05) is 5.56 Å². The van der Waals surface area contributed by atoms with Crippen LogP contribution in [-0.2, 0) is 0 Å². The SMILES string of the molecule is Fc1ccc([C@@H]2C=Cc3ccccc3O2)cc1. The zero-order valence-corrected chi connectivity index (χ0v) is 9.14. The van der Waals surface area contributed by atoms with Gasteiger partial charge in [-0.05, 0) is 29.8 Å². The molecule has 1 aliphatic rings. The van der Waals surface area contributed by atoms with Gasteiger partial charge < -0.3 is 4.74 Å². The van der Waals surface area contributed by atoms with Crippen molar-refractivity contribution in [3.8, 4) is 5.75 Å². The van der Waals surface area contributed by atoms with E-state index in [1.807, 2.05) is 36.4 Å². The topological polar surface area (TPSA) is 9.23 Å². The molecule has 0 spiro atoms. The monoisotopic (exact) mass is 226 g/mol. The summed E-state index contributed by atoms with van der Waals surface area (Å²) in [6.45, 7) is 0. The average molecular weight is 226 g/mol. The molecule has 17 heavy (non-hydrogen) atoms. The van der Waals surface area contributed by atoms with E-state index >= 15 is 0 Å². The molecule has 1 heterocycles. The van der Waals surface area contributed by atoms with Gasteiger partial charge in [0.1, 0.15) is 17.7 Å². The van der Waals surface area contributed by atoms with Crippen molar-refractivity contribution < 1.29 is 9.13 Å². The van der Waals surface area contributed by atoms with Crippen LogP contribution >= 0.6 is 0 Å². The highest BCUT2D eigenvalue weighted by atomic mass is 19.1. The molecule has 2 aromatic rings. The zero-order chi connectivity index (χ0) is 11.7.